The Morgan fingerprint density at radius 1 is 1.12 bits per heavy atom. The van der Waals surface area contributed by atoms with E-state index < -0.39 is 5.91 Å². The predicted octanol–water partition coefficient (Wildman–Crippen LogP) is 2.23. The third-order valence-electron chi connectivity index (χ3n) is 4.79. The Morgan fingerprint density at radius 2 is 1.88 bits per heavy atom. The average Bonchev–Trinajstić information content (AvgIpc) is 3.11. The first-order valence-corrected chi connectivity index (χ1v) is 8.42. The van der Waals surface area contributed by atoms with E-state index in [4.69, 9.17) is 5.73 Å². The molecule has 0 unspecified atom stereocenters. The van der Waals surface area contributed by atoms with Gasteiger partial charge in [-0.1, -0.05) is 30.3 Å². The molecule has 1 saturated heterocycles. The molecule has 1 fully saturated rings. The first kappa shape index (κ1) is 17.2. The number of rotatable bonds is 4. The topological polar surface area (TPSA) is 66.6 Å². The van der Waals surface area contributed by atoms with Gasteiger partial charge in [-0.05, 0) is 49.8 Å². The molecule has 130 valence electrons. The number of likely N-dealkylation sites (tertiary alicyclic amines) is 1. The van der Waals surface area contributed by atoms with Crippen molar-refractivity contribution >= 4 is 11.8 Å². The van der Waals surface area contributed by atoms with E-state index in [9.17, 15) is 9.59 Å². The summed E-state index contributed by atoms with van der Waals surface area (Å²) in [6, 6.07) is 15.0. The maximum atomic E-state index is 12.8. The second-order valence-electron chi connectivity index (χ2n) is 6.65. The summed E-state index contributed by atoms with van der Waals surface area (Å²) in [5.41, 5.74) is 8.14. The van der Waals surface area contributed by atoms with Crippen molar-refractivity contribution in [2.24, 2.45) is 5.73 Å². The van der Waals surface area contributed by atoms with Crippen LogP contribution in [0, 0.1) is 0 Å². The second-order valence-corrected chi connectivity index (χ2v) is 6.65. The third kappa shape index (κ3) is 3.56. The summed E-state index contributed by atoms with van der Waals surface area (Å²) < 4.78 is 0. The lowest BCUT2D eigenvalue weighted by atomic mass is 9.97. The zero-order valence-corrected chi connectivity index (χ0v) is 14.6. The normalized spacial score (nSPS) is 17.1. The van der Waals surface area contributed by atoms with Crippen molar-refractivity contribution < 1.29 is 9.59 Å². The predicted molar refractivity (Wildman–Crippen MR) is 98.4 cm³/mol. The summed E-state index contributed by atoms with van der Waals surface area (Å²) in [7, 11) is 4.08. The second kappa shape index (κ2) is 7.07. The Balaban J connectivity index is 1.88. The molecular weight excluding hydrogens is 314 g/mol. The summed E-state index contributed by atoms with van der Waals surface area (Å²) in [5.74, 6) is -0.441. The van der Waals surface area contributed by atoms with Crippen LogP contribution in [-0.2, 0) is 0 Å². The Bertz CT molecular complexity index is 801. The van der Waals surface area contributed by atoms with Crippen molar-refractivity contribution in [1.29, 1.82) is 0 Å². The van der Waals surface area contributed by atoms with Crippen molar-refractivity contribution in [3.05, 3.63) is 59.7 Å². The molecule has 0 aliphatic carbocycles. The molecular formula is C20H23N3O2. The van der Waals surface area contributed by atoms with Crippen LogP contribution in [0.15, 0.2) is 48.5 Å². The van der Waals surface area contributed by atoms with Gasteiger partial charge in [-0.2, -0.15) is 0 Å². The molecule has 5 nitrogen and oxygen atoms in total. The van der Waals surface area contributed by atoms with E-state index in [1.807, 2.05) is 55.4 Å². The average molecular weight is 337 g/mol. The van der Waals surface area contributed by atoms with Crippen LogP contribution in [0.5, 0.6) is 0 Å². The Kier molecular flexibility index (Phi) is 4.86. The monoisotopic (exact) mass is 337 g/mol. The number of hydrogen-bond donors (Lipinski definition) is 1. The number of benzene rings is 2. The van der Waals surface area contributed by atoms with Crippen molar-refractivity contribution in [2.75, 3.05) is 27.2 Å². The standard InChI is InChI=1S/C20H23N3O2/c1-22(2)16-10-11-23(13-16)20(25)15-7-5-6-14(12-15)17-8-3-4-9-18(17)19(21)24/h3-9,12,16H,10-11,13H2,1-2H3,(H2,21,24)/t16-/m1/s1. The van der Waals surface area contributed by atoms with Gasteiger partial charge in [-0.3, -0.25) is 9.59 Å². The van der Waals surface area contributed by atoms with Crippen LogP contribution in [-0.4, -0.2) is 54.8 Å². The molecule has 0 aromatic heterocycles. The minimum atomic E-state index is -0.472. The fourth-order valence-electron chi connectivity index (χ4n) is 3.30. The molecule has 1 aliphatic heterocycles. The summed E-state index contributed by atoms with van der Waals surface area (Å²) in [4.78, 5) is 28.6. The fourth-order valence-corrected chi connectivity index (χ4v) is 3.30. The molecule has 2 aromatic rings. The lowest BCUT2D eigenvalue weighted by Crippen LogP contribution is -2.34. The van der Waals surface area contributed by atoms with E-state index in [0.29, 0.717) is 17.2 Å². The number of carbonyl (C=O) groups is 2. The molecule has 0 spiro atoms. The maximum Gasteiger partial charge on any atom is 0.253 e. The van der Waals surface area contributed by atoms with E-state index in [2.05, 4.69) is 4.90 Å². The first-order valence-electron chi connectivity index (χ1n) is 8.42. The molecule has 3 rings (SSSR count). The van der Waals surface area contributed by atoms with Crippen LogP contribution in [0.1, 0.15) is 27.1 Å². The van der Waals surface area contributed by atoms with Crippen LogP contribution in [0.4, 0.5) is 0 Å². The van der Waals surface area contributed by atoms with Gasteiger partial charge in [-0.15, -0.1) is 0 Å². The maximum absolute atomic E-state index is 12.8. The molecule has 1 atom stereocenters. The van der Waals surface area contributed by atoms with Crippen LogP contribution in [0.25, 0.3) is 11.1 Å². The van der Waals surface area contributed by atoms with Gasteiger partial charge in [0.2, 0.25) is 5.91 Å². The van der Waals surface area contributed by atoms with Gasteiger partial charge in [0.05, 0.1) is 0 Å². The molecule has 2 N–H and O–H groups in total. The molecule has 0 radical (unpaired) electrons. The molecule has 2 aromatic carbocycles. The highest BCUT2D eigenvalue weighted by molar-refractivity contribution is 6.01. The largest absolute Gasteiger partial charge is 0.366 e. The number of amides is 2. The van der Waals surface area contributed by atoms with Crippen LogP contribution < -0.4 is 5.73 Å². The summed E-state index contributed by atoms with van der Waals surface area (Å²) in [5, 5.41) is 0. The van der Waals surface area contributed by atoms with E-state index in [1.165, 1.54) is 0 Å². The van der Waals surface area contributed by atoms with Crippen molar-refractivity contribution in [3.63, 3.8) is 0 Å². The number of nitrogens with zero attached hydrogens (tertiary/aromatic N) is 2. The van der Waals surface area contributed by atoms with Gasteiger partial charge < -0.3 is 15.5 Å². The zero-order chi connectivity index (χ0) is 18.0. The molecule has 1 heterocycles. The van der Waals surface area contributed by atoms with Gasteiger partial charge >= 0.3 is 0 Å². The molecule has 0 saturated carbocycles. The van der Waals surface area contributed by atoms with Gasteiger partial charge in [0.15, 0.2) is 0 Å². The Morgan fingerprint density at radius 3 is 2.56 bits per heavy atom. The van der Waals surface area contributed by atoms with Gasteiger partial charge in [0.1, 0.15) is 0 Å². The quantitative estimate of drug-likeness (QED) is 0.930. The Hall–Kier alpha value is -2.66. The van der Waals surface area contributed by atoms with E-state index in [0.717, 1.165) is 30.6 Å². The van der Waals surface area contributed by atoms with E-state index >= 15 is 0 Å². The molecule has 0 bridgehead atoms. The van der Waals surface area contributed by atoms with Gasteiger partial charge in [0.25, 0.3) is 5.91 Å². The zero-order valence-electron chi connectivity index (χ0n) is 14.6. The number of likely N-dealkylation sites (N-methyl/N-ethyl adjacent to an activating group) is 1. The lowest BCUT2D eigenvalue weighted by Gasteiger charge is -2.20. The number of nitrogens with two attached hydrogens (primary N) is 1. The number of primary amides is 1. The fraction of sp³-hybridized carbons (Fsp3) is 0.300. The van der Waals surface area contributed by atoms with Gasteiger partial charge in [-0.25, -0.2) is 0 Å². The molecule has 5 heteroatoms. The van der Waals surface area contributed by atoms with Crippen LogP contribution in [0.3, 0.4) is 0 Å². The van der Waals surface area contributed by atoms with Gasteiger partial charge in [0, 0.05) is 30.3 Å². The summed E-state index contributed by atoms with van der Waals surface area (Å²) in [6.45, 7) is 1.51. The van der Waals surface area contributed by atoms with Crippen LogP contribution in [0.2, 0.25) is 0 Å². The molecule has 1 aliphatic rings. The summed E-state index contributed by atoms with van der Waals surface area (Å²) in [6.07, 6.45) is 0.989. The number of hydrogen-bond acceptors (Lipinski definition) is 3. The smallest absolute Gasteiger partial charge is 0.253 e. The summed E-state index contributed by atoms with van der Waals surface area (Å²) >= 11 is 0. The van der Waals surface area contributed by atoms with E-state index in [1.54, 1.807) is 12.1 Å². The minimum Gasteiger partial charge on any atom is -0.366 e. The highest BCUT2D eigenvalue weighted by atomic mass is 16.2. The lowest BCUT2D eigenvalue weighted by molar-refractivity contribution is 0.0783. The van der Waals surface area contributed by atoms with E-state index in [-0.39, 0.29) is 5.91 Å². The first-order chi connectivity index (χ1) is 12.0. The molecule has 2 amide bonds. The Labute approximate surface area is 148 Å². The highest BCUT2D eigenvalue weighted by Gasteiger charge is 2.28. The van der Waals surface area contributed by atoms with Crippen molar-refractivity contribution in [1.82, 2.24) is 9.80 Å². The minimum absolute atomic E-state index is 0.0303. The van der Waals surface area contributed by atoms with Crippen molar-refractivity contribution in [2.45, 2.75) is 12.5 Å². The molecule has 25 heavy (non-hydrogen) atoms. The third-order valence-corrected chi connectivity index (χ3v) is 4.79. The SMILES string of the molecule is CN(C)[C@@H]1CCN(C(=O)c2cccc(-c3ccccc3C(N)=O)c2)C1. The van der Waals surface area contributed by atoms with Crippen LogP contribution >= 0.6 is 0 Å². The highest BCUT2D eigenvalue weighted by Crippen LogP contribution is 2.25. The number of carbonyl (C=O) groups excluding carboxylic acids is 2. The van der Waals surface area contributed by atoms with Crippen molar-refractivity contribution in [3.8, 4) is 11.1 Å².